The maximum absolute atomic E-state index is 10.8. The molecule has 0 rings (SSSR count). The van der Waals surface area contributed by atoms with Crippen molar-refractivity contribution in [3.63, 3.8) is 0 Å². The number of unbranched alkanes of at least 4 members (excludes halogenated alkanes) is 6. The van der Waals surface area contributed by atoms with Crippen molar-refractivity contribution in [1.82, 2.24) is 0 Å². The van der Waals surface area contributed by atoms with Gasteiger partial charge in [-0.1, -0.05) is 51.0 Å². The Kier molecular flexibility index (Phi) is 19.3. The molecule has 0 aromatic carbocycles. The zero-order valence-corrected chi connectivity index (χ0v) is 17.0. The number of rotatable bonds is 19. The Labute approximate surface area is 160 Å². The zero-order valence-electron chi connectivity index (χ0n) is 17.0. The van der Waals surface area contributed by atoms with E-state index in [4.69, 9.17) is 14.6 Å². The molecule has 4 nitrogen and oxygen atoms in total. The molecule has 0 amide bonds. The molecule has 1 N–H and O–H groups in total. The summed E-state index contributed by atoms with van der Waals surface area (Å²) in [5.74, 6) is -0.799. The monoisotopic (exact) mass is 368 g/mol. The van der Waals surface area contributed by atoms with E-state index in [1.807, 2.05) is 0 Å². The first-order valence-electron chi connectivity index (χ1n) is 10.5. The summed E-state index contributed by atoms with van der Waals surface area (Å²) in [4.78, 5) is 10.8. The van der Waals surface area contributed by atoms with Gasteiger partial charge in [-0.2, -0.15) is 0 Å². The molecule has 4 heteroatoms. The standard InChI is InChI=1S/C22H40O4/c1-3-5-7-9-11-12-14-16-20-26-22(18-17-21(23)24)25-19-15-13-10-8-6-4-2/h5-8,22H,3-4,9-20H2,1-2H3,(H,23,24)/b7-5-,8-6-. The first-order chi connectivity index (χ1) is 12.7. The van der Waals surface area contributed by atoms with E-state index in [2.05, 4.69) is 38.2 Å². The number of hydrogen-bond acceptors (Lipinski definition) is 3. The molecule has 0 spiro atoms. The van der Waals surface area contributed by atoms with Crippen LogP contribution in [0.15, 0.2) is 24.3 Å². The largest absolute Gasteiger partial charge is 0.481 e. The summed E-state index contributed by atoms with van der Waals surface area (Å²) in [6.07, 6.45) is 20.1. The SMILES string of the molecule is CC/C=C\CCCCCCOC(CCC(=O)O)OCCCC/C=C\CC. The van der Waals surface area contributed by atoms with Gasteiger partial charge in [0.2, 0.25) is 0 Å². The van der Waals surface area contributed by atoms with Gasteiger partial charge < -0.3 is 14.6 Å². The highest BCUT2D eigenvalue weighted by Gasteiger charge is 2.11. The number of aliphatic carboxylic acids is 1. The minimum Gasteiger partial charge on any atom is -0.481 e. The van der Waals surface area contributed by atoms with Crippen LogP contribution in [0.3, 0.4) is 0 Å². The molecule has 0 aromatic rings. The Balaban J connectivity index is 3.77. The second kappa shape index (κ2) is 20.2. The Morgan fingerprint density at radius 2 is 1.31 bits per heavy atom. The highest BCUT2D eigenvalue weighted by molar-refractivity contribution is 5.66. The fourth-order valence-electron chi connectivity index (χ4n) is 2.54. The molecule has 0 aliphatic carbocycles. The molecule has 1 atom stereocenters. The van der Waals surface area contributed by atoms with Gasteiger partial charge in [0, 0.05) is 19.6 Å². The van der Waals surface area contributed by atoms with Gasteiger partial charge in [0.1, 0.15) is 0 Å². The lowest BCUT2D eigenvalue weighted by molar-refractivity contribution is -0.156. The van der Waals surface area contributed by atoms with Crippen molar-refractivity contribution < 1.29 is 19.4 Å². The van der Waals surface area contributed by atoms with Crippen molar-refractivity contribution >= 4 is 5.97 Å². The van der Waals surface area contributed by atoms with Gasteiger partial charge in [0.15, 0.2) is 6.29 Å². The summed E-state index contributed by atoms with van der Waals surface area (Å²) in [6, 6.07) is 0. The van der Waals surface area contributed by atoms with Crippen LogP contribution in [0.5, 0.6) is 0 Å². The molecule has 0 saturated heterocycles. The number of hydrogen-bond donors (Lipinski definition) is 1. The lowest BCUT2D eigenvalue weighted by Gasteiger charge is -2.18. The van der Waals surface area contributed by atoms with Crippen LogP contribution in [0.1, 0.15) is 90.9 Å². The molecule has 0 aromatic heterocycles. The minimum atomic E-state index is -0.799. The molecule has 1 unspecified atom stereocenters. The van der Waals surface area contributed by atoms with Crippen molar-refractivity contribution in [2.45, 2.75) is 97.2 Å². The predicted octanol–water partition coefficient (Wildman–Crippen LogP) is 6.26. The number of ether oxygens (including phenoxy) is 2. The highest BCUT2D eigenvalue weighted by atomic mass is 16.7. The molecule has 0 bridgehead atoms. The van der Waals surface area contributed by atoms with Gasteiger partial charge in [-0.05, 0) is 51.4 Å². The van der Waals surface area contributed by atoms with Crippen LogP contribution >= 0.6 is 0 Å². The maximum Gasteiger partial charge on any atom is 0.303 e. The quantitative estimate of drug-likeness (QED) is 0.166. The Hall–Kier alpha value is -1.13. The third-order valence-corrected chi connectivity index (χ3v) is 4.04. The van der Waals surface area contributed by atoms with E-state index in [0.717, 1.165) is 51.4 Å². The molecule has 152 valence electrons. The third-order valence-electron chi connectivity index (χ3n) is 4.04. The molecule has 26 heavy (non-hydrogen) atoms. The summed E-state index contributed by atoms with van der Waals surface area (Å²) in [6.45, 7) is 5.57. The average molecular weight is 369 g/mol. The van der Waals surface area contributed by atoms with Gasteiger partial charge in [-0.3, -0.25) is 4.79 Å². The van der Waals surface area contributed by atoms with Gasteiger partial charge in [0.25, 0.3) is 0 Å². The topological polar surface area (TPSA) is 55.8 Å². The van der Waals surface area contributed by atoms with Crippen molar-refractivity contribution in [3.8, 4) is 0 Å². The lowest BCUT2D eigenvalue weighted by Crippen LogP contribution is -2.20. The summed E-state index contributed by atoms with van der Waals surface area (Å²) in [5, 5.41) is 8.86. The smallest absolute Gasteiger partial charge is 0.303 e. The molecular formula is C22H40O4. The Bertz CT molecular complexity index is 363. The number of allylic oxidation sites excluding steroid dienone is 4. The molecule has 0 saturated carbocycles. The number of carboxylic acids is 1. The van der Waals surface area contributed by atoms with Crippen LogP contribution < -0.4 is 0 Å². The van der Waals surface area contributed by atoms with E-state index < -0.39 is 5.97 Å². The van der Waals surface area contributed by atoms with E-state index >= 15 is 0 Å². The predicted molar refractivity (Wildman–Crippen MR) is 108 cm³/mol. The van der Waals surface area contributed by atoms with Gasteiger partial charge in [-0.25, -0.2) is 0 Å². The fraction of sp³-hybridized carbons (Fsp3) is 0.773. The van der Waals surface area contributed by atoms with Crippen LogP contribution in [0.2, 0.25) is 0 Å². The molecule has 0 radical (unpaired) electrons. The van der Waals surface area contributed by atoms with E-state index in [1.54, 1.807) is 0 Å². The molecule has 0 aliphatic rings. The first-order valence-corrected chi connectivity index (χ1v) is 10.5. The molecule has 0 aliphatic heterocycles. The van der Waals surface area contributed by atoms with Gasteiger partial charge >= 0.3 is 5.97 Å². The second-order valence-corrected chi connectivity index (χ2v) is 6.56. The summed E-state index contributed by atoms with van der Waals surface area (Å²) < 4.78 is 11.5. The highest BCUT2D eigenvalue weighted by Crippen LogP contribution is 2.10. The summed E-state index contributed by atoms with van der Waals surface area (Å²) in [7, 11) is 0. The lowest BCUT2D eigenvalue weighted by atomic mass is 10.1. The van der Waals surface area contributed by atoms with E-state index in [1.165, 1.54) is 12.8 Å². The first kappa shape index (κ1) is 24.9. The molecular weight excluding hydrogens is 328 g/mol. The normalized spacial score (nSPS) is 13.0. The van der Waals surface area contributed by atoms with E-state index in [9.17, 15) is 4.79 Å². The van der Waals surface area contributed by atoms with Crippen molar-refractivity contribution in [2.75, 3.05) is 13.2 Å². The van der Waals surface area contributed by atoms with Crippen LogP contribution in [0.25, 0.3) is 0 Å². The van der Waals surface area contributed by atoms with Gasteiger partial charge in [0.05, 0.1) is 6.42 Å². The number of carbonyl (C=O) groups is 1. The van der Waals surface area contributed by atoms with E-state index in [-0.39, 0.29) is 12.7 Å². The van der Waals surface area contributed by atoms with Gasteiger partial charge in [-0.15, -0.1) is 0 Å². The van der Waals surface area contributed by atoms with Crippen molar-refractivity contribution in [1.29, 1.82) is 0 Å². The second-order valence-electron chi connectivity index (χ2n) is 6.56. The van der Waals surface area contributed by atoms with Crippen molar-refractivity contribution in [2.24, 2.45) is 0 Å². The average Bonchev–Trinajstić information content (AvgIpc) is 2.63. The Morgan fingerprint density at radius 1 is 0.808 bits per heavy atom. The number of carboxylic acid groups (broad SMARTS) is 1. The minimum absolute atomic E-state index is 0.0909. The third kappa shape index (κ3) is 19.2. The zero-order chi connectivity index (χ0) is 19.3. The van der Waals surface area contributed by atoms with Crippen LogP contribution in [0.4, 0.5) is 0 Å². The summed E-state index contributed by atoms with van der Waals surface area (Å²) in [5.41, 5.74) is 0. The van der Waals surface area contributed by atoms with Crippen molar-refractivity contribution in [3.05, 3.63) is 24.3 Å². The maximum atomic E-state index is 10.8. The Morgan fingerprint density at radius 3 is 1.85 bits per heavy atom. The molecule has 0 fully saturated rings. The van der Waals surface area contributed by atoms with Crippen LogP contribution in [-0.2, 0) is 14.3 Å². The fourth-order valence-corrected chi connectivity index (χ4v) is 2.54. The molecule has 0 heterocycles. The van der Waals surface area contributed by atoms with E-state index in [0.29, 0.717) is 19.6 Å². The van der Waals surface area contributed by atoms with Crippen LogP contribution in [0, 0.1) is 0 Å². The van der Waals surface area contributed by atoms with Crippen LogP contribution in [-0.4, -0.2) is 30.6 Å². The summed E-state index contributed by atoms with van der Waals surface area (Å²) >= 11 is 0.